The highest BCUT2D eigenvalue weighted by Crippen LogP contribution is 2.41. The third-order valence-corrected chi connectivity index (χ3v) is 9.76. The fraction of sp³-hybridized carbons (Fsp3) is 0.391. The summed E-state index contributed by atoms with van der Waals surface area (Å²) in [5.41, 5.74) is -1.62. The summed E-state index contributed by atoms with van der Waals surface area (Å²) in [5.74, 6) is -0.745. The van der Waals surface area contributed by atoms with Crippen LogP contribution in [-0.4, -0.2) is 45.9 Å². The minimum atomic E-state index is -4.92. The Morgan fingerprint density at radius 2 is 1.56 bits per heavy atom. The molecule has 2 heterocycles. The molecule has 1 saturated carbocycles. The van der Waals surface area contributed by atoms with Crippen molar-refractivity contribution in [2.75, 3.05) is 13.2 Å². The van der Waals surface area contributed by atoms with Crippen molar-refractivity contribution in [2.24, 2.45) is 0 Å². The van der Waals surface area contributed by atoms with E-state index in [4.69, 9.17) is 9.47 Å². The topological polar surface area (TPSA) is 104 Å². The van der Waals surface area contributed by atoms with Crippen molar-refractivity contribution in [1.82, 2.24) is 8.69 Å². The van der Waals surface area contributed by atoms with Crippen molar-refractivity contribution in [3.8, 4) is 0 Å². The van der Waals surface area contributed by atoms with E-state index in [2.05, 4.69) is 4.72 Å². The summed E-state index contributed by atoms with van der Waals surface area (Å²) >= 11 is 0. The highest BCUT2D eigenvalue weighted by Gasteiger charge is 2.42. The molecule has 1 aliphatic heterocycles. The fourth-order valence-electron chi connectivity index (χ4n) is 4.81. The highest BCUT2D eigenvalue weighted by molar-refractivity contribution is 7.91. The first-order valence-electron chi connectivity index (χ1n) is 11.3. The third-order valence-electron chi connectivity index (χ3n) is 6.54. The molecular formula is C23H23F3N2O6S2. The minimum absolute atomic E-state index is 0.189. The van der Waals surface area contributed by atoms with Crippen LogP contribution < -0.4 is 4.72 Å². The maximum absolute atomic E-state index is 13.9. The number of benzene rings is 2. The predicted octanol–water partition coefficient (Wildman–Crippen LogP) is 3.86. The molecule has 0 radical (unpaired) electrons. The van der Waals surface area contributed by atoms with Gasteiger partial charge in [0.05, 0.1) is 29.2 Å². The van der Waals surface area contributed by atoms with E-state index in [-0.39, 0.29) is 10.4 Å². The van der Waals surface area contributed by atoms with Gasteiger partial charge in [-0.15, -0.1) is 0 Å². The van der Waals surface area contributed by atoms with Gasteiger partial charge in [0, 0.05) is 30.5 Å². The van der Waals surface area contributed by atoms with Gasteiger partial charge in [-0.3, -0.25) is 0 Å². The van der Waals surface area contributed by atoms with Gasteiger partial charge in [0.1, 0.15) is 4.90 Å². The number of hydrogen-bond acceptors (Lipinski definition) is 6. The summed E-state index contributed by atoms with van der Waals surface area (Å²) in [4.78, 5) is -0.941. The summed E-state index contributed by atoms with van der Waals surface area (Å²) in [6, 6.07) is 9.45. The number of halogens is 3. The molecule has 0 bridgehead atoms. The maximum Gasteiger partial charge on any atom is 0.417 e. The Bertz CT molecular complexity index is 1490. The zero-order valence-corrected chi connectivity index (χ0v) is 20.5. The fourth-order valence-corrected chi connectivity index (χ4v) is 7.79. The molecule has 13 heteroatoms. The second-order valence-electron chi connectivity index (χ2n) is 8.81. The molecule has 2 aromatic carbocycles. The monoisotopic (exact) mass is 544 g/mol. The standard InChI is InChI=1S/C23H23F3N2O6S2/c24-23(25,26)18-7-4-8-19-21(18)20(15-28(19)36(31,32)17-5-2-1-3-6-17)35(29,30)27-16-9-11-22(12-10-16)33-13-14-34-22/h1-8,15-16,27H,9-14H2. The molecule has 2 fully saturated rings. The molecule has 194 valence electrons. The van der Waals surface area contributed by atoms with E-state index in [1.165, 1.54) is 24.3 Å². The molecule has 0 unspecified atom stereocenters. The largest absolute Gasteiger partial charge is 0.417 e. The van der Waals surface area contributed by atoms with Gasteiger partial charge < -0.3 is 9.47 Å². The summed E-state index contributed by atoms with van der Waals surface area (Å²) in [6.45, 7) is 0.901. The normalized spacial score (nSPS) is 19.3. The lowest BCUT2D eigenvalue weighted by Crippen LogP contribution is -2.43. The van der Waals surface area contributed by atoms with Gasteiger partial charge in [-0.2, -0.15) is 13.2 Å². The van der Waals surface area contributed by atoms with Crippen LogP contribution in [0, 0.1) is 0 Å². The molecule has 1 aromatic heterocycles. The molecule has 1 aliphatic carbocycles. The van der Waals surface area contributed by atoms with Crippen molar-refractivity contribution in [3.05, 3.63) is 60.3 Å². The Kier molecular flexibility index (Phi) is 6.19. The van der Waals surface area contributed by atoms with Gasteiger partial charge in [0.2, 0.25) is 10.0 Å². The van der Waals surface area contributed by atoms with Crippen LogP contribution >= 0.6 is 0 Å². The first-order valence-corrected chi connectivity index (χ1v) is 14.2. The smallest absolute Gasteiger partial charge is 0.348 e. The molecule has 0 atom stereocenters. The molecule has 0 amide bonds. The molecule has 3 aromatic rings. The van der Waals surface area contributed by atoms with Gasteiger partial charge in [0.15, 0.2) is 5.79 Å². The molecule has 36 heavy (non-hydrogen) atoms. The van der Waals surface area contributed by atoms with E-state index in [1.54, 1.807) is 6.07 Å². The zero-order chi connectivity index (χ0) is 25.8. The van der Waals surface area contributed by atoms with Crippen LogP contribution in [0.2, 0.25) is 0 Å². The average molecular weight is 545 g/mol. The lowest BCUT2D eigenvalue weighted by Gasteiger charge is -2.35. The summed E-state index contributed by atoms with van der Waals surface area (Å²) in [6.07, 6.45) is -2.60. The van der Waals surface area contributed by atoms with Crippen LogP contribution in [-0.2, 0) is 35.7 Å². The first-order chi connectivity index (χ1) is 16.9. The molecule has 2 aliphatic rings. The van der Waals surface area contributed by atoms with E-state index < -0.39 is 53.9 Å². The maximum atomic E-state index is 13.9. The molecule has 1 saturated heterocycles. The van der Waals surface area contributed by atoms with Crippen LogP contribution in [0.15, 0.2) is 64.5 Å². The van der Waals surface area contributed by atoms with Crippen molar-refractivity contribution in [3.63, 3.8) is 0 Å². The van der Waals surface area contributed by atoms with Crippen LogP contribution in [0.4, 0.5) is 13.2 Å². The van der Waals surface area contributed by atoms with Crippen molar-refractivity contribution in [1.29, 1.82) is 0 Å². The second kappa shape index (κ2) is 8.84. The lowest BCUT2D eigenvalue weighted by atomic mass is 9.91. The Morgan fingerprint density at radius 3 is 2.17 bits per heavy atom. The second-order valence-corrected chi connectivity index (χ2v) is 12.3. The first kappa shape index (κ1) is 25.2. The number of aromatic nitrogens is 1. The molecule has 8 nitrogen and oxygen atoms in total. The highest BCUT2D eigenvalue weighted by atomic mass is 32.2. The summed E-state index contributed by atoms with van der Waals surface area (Å²) in [5, 5.41) is -0.702. The van der Waals surface area contributed by atoms with Crippen molar-refractivity contribution < 1.29 is 39.5 Å². The lowest BCUT2D eigenvalue weighted by molar-refractivity contribution is -0.178. The van der Waals surface area contributed by atoms with Crippen LogP contribution in [0.25, 0.3) is 10.9 Å². The Morgan fingerprint density at radius 1 is 0.917 bits per heavy atom. The van der Waals surface area contributed by atoms with Crippen LogP contribution in [0.1, 0.15) is 31.2 Å². The number of ether oxygens (including phenoxy) is 2. The number of nitrogens with one attached hydrogen (secondary N) is 1. The number of sulfonamides is 1. The van der Waals surface area contributed by atoms with E-state index in [9.17, 15) is 30.0 Å². The summed E-state index contributed by atoms with van der Waals surface area (Å²) in [7, 11) is -8.93. The van der Waals surface area contributed by atoms with Crippen LogP contribution in [0.5, 0.6) is 0 Å². The molecule has 5 rings (SSSR count). The molecule has 1 spiro atoms. The van der Waals surface area contributed by atoms with Crippen molar-refractivity contribution in [2.45, 2.75) is 53.5 Å². The van der Waals surface area contributed by atoms with Gasteiger partial charge in [-0.1, -0.05) is 24.3 Å². The van der Waals surface area contributed by atoms with Gasteiger partial charge in [0.25, 0.3) is 10.0 Å². The SMILES string of the molecule is O=S(=O)(NC1CCC2(CC1)OCCO2)c1cn(S(=O)(=O)c2ccccc2)c2cccc(C(F)(F)F)c12. The number of fused-ring (bicyclic) bond motifs is 1. The van der Waals surface area contributed by atoms with Gasteiger partial charge >= 0.3 is 6.18 Å². The minimum Gasteiger partial charge on any atom is -0.348 e. The average Bonchev–Trinajstić information content (AvgIpc) is 3.46. The predicted molar refractivity (Wildman–Crippen MR) is 123 cm³/mol. The quantitative estimate of drug-likeness (QED) is 0.523. The van der Waals surface area contributed by atoms with E-state index in [1.807, 2.05) is 0 Å². The number of alkyl halides is 3. The van der Waals surface area contributed by atoms with E-state index in [0.717, 1.165) is 24.4 Å². The Balaban J connectivity index is 1.59. The number of nitrogens with zero attached hydrogens (tertiary/aromatic N) is 1. The Hall–Kier alpha value is -2.45. The van der Waals surface area contributed by atoms with E-state index >= 15 is 0 Å². The molecule has 1 N–H and O–H groups in total. The van der Waals surface area contributed by atoms with Gasteiger partial charge in [-0.25, -0.2) is 25.5 Å². The third kappa shape index (κ3) is 4.43. The Labute approximate surface area is 206 Å². The zero-order valence-electron chi connectivity index (χ0n) is 18.9. The summed E-state index contributed by atoms with van der Waals surface area (Å²) < 4.78 is 110. The van der Waals surface area contributed by atoms with Gasteiger partial charge in [-0.05, 0) is 37.1 Å². The van der Waals surface area contributed by atoms with E-state index in [0.29, 0.717) is 42.9 Å². The molecular weight excluding hydrogens is 521 g/mol. The number of rotatable bonds is 5. The number of hydrogen-bond donors (Lipinski definition) is 1. The van der Waals surface area contributed by atoms with Crippen molar-refractivity contribution >= 4 is 30.9 Å². The van der Waals surface area contributed by atoms with Crippen LogP contribution in [0.3, 0.4) is 0 Å².